The summed E-state index contributed by atoms with van der Waals surface area (Å²) in [6.45, 7) is 1.71. The number of nitrogens with one attached hydrogen (secondary N) is 2. The number of benzene rings is 1. The van der Waals surface area contributed by atoms with Crippen LogP contribution < -0.4 is 10.2 Å². The maximum Gasteiger partial charge on any atom is 0.225 e. The molecule has 1 amide bonds. The summed E-state index contributed by atoms with van der Waals surface area (Å²) < 4.78 is 0. The Bertz CT molecular complexity index is 828. The number of anilines is 1. The Morgan fingerprint density at radius 2 is 2.16 bits per heavy atom. The van der Waals surface area contributed by atoms with Crippen molar-refractivity contribution in [3.8, 4) is 11.3 Å². The van der Waals surface area contributed by atoms with Crippen molar-refractivity contribution in [3.63, 3.8) is 0 Å². The number of aromatic amines is 1. The second kappa shape index (κ2) is 7.11. The van der Waals surface area contributed by atoms with E-state index in [0.29, 0.717) is 6.42 Å². The largest absolute Gasteiger partial charge is 0.353 e. The van der Waals surface area contributed by atoms with E-state index in [0.717, 1.165) is 41.5 Å². The van der Waals surface area contributed by atoms with Gasteiger partial charge in [0.2, 0.25) is 5.91 Å². The molecule has 0 saturated carbocycles. The fourth-order valence-electron chi connectivity index (χ4n) is 3.18. The molecular weight excluding hydrogens is 332 g/mol. The van der Waals surface area contributed by atoms with E-state index in [9.17, 15) is 4.79 Å². The fourth-order valence-corrected chi connectivity index (χ4v) is 3.88. The van der Waals surface area contributed by atoms with E-state index < -0.39 is 0 Å². The van der Waals surface area contributed by atoms with Crippen molar-refractivity contribution in [2.45, 2.75) is 18.9 Å². The van der Waals surface area contributed by atoms with Gasteiger partial charge in [-0.05, 0) is 23.4 Å². The summed E-state index contributed by atoms with van der Waals surface area (Å²) >= 11 is 1.62. The van der Waals surface area contributed by atoms with Crippen LogP contribution in [-0.2, 0) is 11.2 Å². The third-order valence-corrected chi connectivity index (χ3v) is 5.32. The summed E-state index contributed by atoms with van der Waals surface area (Å²) in [5.74, 6) is 1.04. The van der Waals surface area contributed by atoms with Gasteiger partial charge in [-0.1, -0.05) is 36.4 Å². The molecule has 1 aromatic carbocycles. The first-order valence-electron chi connectivity index (χ1n) is 8.45. The van der Waals surface area contributed by atoms with Crippen molar-refractivity contribution >= 4 is 23.1 Å². The number of amides is 1. The number of rotatable bonds is 5. The van der Waals surface area contributed by atoms with Crippen molar-refractivity contribution in [1.29, 1.82) is 0 Å². The van der Waals surface area contributed by atoms with E-state index in [-0.39, 0.29) is 11.9 Å². The van der Waals surface area contributed by atoms with Crippen LogP contribution >= 0.6 is 11.3 Å². The number of hydrogen-bond acceptors (Lipinski definition) is 4. The number of aromatic nitrogens is 2. The molecule has 0 radical (unpaired) electrons. The van der Waals surface area contributed by atoms with E-state index in [4.69, 9.17) is 0 Å². The predicted octanol–water partition coefficient (Wildman–Crippen LogP) is 3.08. The Morgan fingerprint density at radius 3 is 2.96 bits per heavy atom. The molecule has 1 fully saturated rings. The lowest BCUT2D eigenvalue weighted by Gasteiger charge is -2.16. The zero-order valence-corrected chi connectivity index (χ0v) is 14.6. The van der Waals surface area contributed by atoms with Crippen LogP contribution in [0.15, 0.2) is 53.9 Å². The highest BCUT2D eigenvalue weighted by atomic mass is 32.1. The molecule has 1 aliphatic rings. The fraction of sp³-hybridized carbons (Fsp3) is 0.263. The predicted molar refractivity (Wildman–Crippen MR) is 101 cm³/mol. The lowest BCUT2D eigenvalue weighted by Crippen LogP contribution is -2.37. The highest BCUT2D eigenvalue weighted by Gasteiger charge is 2.25. The Balaban J connectivity index is 1.35. The van der Waals surface area contributed by atoms with Gasteiger partial charge in [-0.3, -0.25) is 9.89 Å². The van der Waals surface area contributed by atoms with Gasteiger partial charge in [0.1, 0.15) is 0 Å². The van der Waals surface area contributed by atoms with E-state index in [1.54, 1.807) is 11.3 Å². The van der Waals surface area contributed by atoms with Gasteiger partial charge >= 0.3 is 0 Å². The number of nitrogens with zero attached hydrogens (tertiary/aromatic N) is 2. The second-order valence-corrected chi connectivity index (χ2v) is 7.29. The smallest absolute Gasteiger partial charge is 0.225 e. The molecule has 1 unspecified atom stereocenters. The molecule has 2 aromatic heterocycles. The lowest BCUT2D eigenvalue weighted by molar-refractivity contribution is -0.120. The first-order valence-corrected chi connectivity index (χ1v) is 9.33. The molecule has 0 spiro atoms. The molecule has 5 nitrogen and oxygen atoms in total. The normalized spacial score (nSPS) is 17.0. The molecular formula is C19H20N4OS. The zero-order chi connectivity index (χ0) is 17.1. The molecule has 0 aliphatic carbocycles. The Labute approximate surface area is 150 Å². The van der Waals surface area contributed by atoms with Gasteiger partial charge in [-0.15, -0.1) is 11.3 Å². The van der Waals surface area contributed by atoms with Crippen LogP contribution in [0.5, 0.6) is 0 Å². The molecule has 1 atom stereocenters. The van der Waals surface area contributed by atoms with Crippen LogP contribution in [0.25, 0.3) is 11.3 Å². The molecule has 2 N–H and O–H groups in total. The molecule has 3 heterocycles. The molecule has 3 aromatic rings. The average Bonchev–Trinajstić information content (AvgIpc) is 3.37. The van der Waals surface area contributed by atoms with Gasteiger partial charge < -0.3 is 10.2 Å². The molecule has 128 valence electrons. The lowest BCUT2D eigenvalue weighted by atomic mass is 10.1. The monoisotopic (exact) mass is 352 g/mol. The Hall–Kier alpha value is -2.60. The van der Waals surface area contributed by atoms with Crippen molar-refractivity contribution < 1.29 is 4.79 Å². The third kappa shape index (κ3) is 3.74. The van der Waals surface area contributed by atoms with Crippen LogP contribution in [0.2, 0.25) is 0 Å². The summed E-state index contributed by atoms with van der Waals surface area (Å²) in [4.78, 5) is 15.5. The minimum Gasteiger partial charge on any atom is -0.353 e. The quantitative estimate of drug-likeness (QED) is 0.742. The van der Waals surface area contributed by atoms with Crippen molar-refractivity contribution in [3.05, 3.63) is 58.8 Å². The van der Waals surface area contributed by atoms with Gasteiger partial charge in [-0.25, -0.2) is 0 Å². The van der Waals surface area contributed by atoms with Crippen LogP contribution in [0, 0.1) is 0 Å². The molecule has 6 heteroatoms. The first kappa shape index (κ1) is 15.9. The standard InChI is InChI=1S/C19H20N4OS/c24-19(11-16-7-4-10-25-16)20-15-8-9-23(13-15)18-12-17(21-22-18)14-5-2-1-3-6-14/h1-7,10,12,15H,8-9,11,13H2,(H,20,24)(H,21,22). The Morgan fingerprint density at radius 1 is 1.28 bits per heavy atom. The topological polar surface area (TPSA) is 61.0 Å². The number of carbonyl (C=O) groups excluding carboxylic acids is 1. The molecule has 1 saturated heterocycles. The van der Waals surface area contributed by atoms with Gasteiger partial charge in [0.25, 0.3) is 0 Å². The van der Waals surface area contributed by atoms with E-state index >= 15 is 0 Å². The number of carbonyl (C=O) groups is 1. The van der Waals surface area contributed by atoms with Crippen LogP contribution in [0.4, 0.5) is 5.82 Å². The maximum atomic E-state index is 12.2. The van der Waals surface area contributed by atoms with Crippen LogP contribution in [0.1, 0.15) is 11.3 Å². The summed E-state index contributed by atoms with van der Waals surface area (Å²) in [6, 6.07) is 16.4. The van der Waals surface area contributed by atoms with Crippen molar-refractivity contribution in [2.24, 2.45) is 0 Å². The molecule has 4 rings (SSSR count). The summed E-state index contributed by atoms with van der Waals surface area (Å²) in [6.07, 6.45) is 1.42. The second-order valence-electron chi connectivity index (χ2n) is 6.26. The van der Waals surface area contributed by atoms with Crippen LogP contribution in [-0.4, -0.2) is 35.2 Å². The number of hydrogen-bond donors (Lipinski definition) is 2. The average molecular weight is 352 g/mol. The van der Waals surface area contributed by atoms with E-state index in [2.05, 4.69) is 38.6 Å². The number of H-pyrrole nitrogens is 1. The molecule has 1 aliphatic heterocycles. The highest BCUT2D eigenvalue weighted by Crippen LogP contribution is 2.24. The summed E-state index contributed by atoms with van der Waals surface area (Å²) in [5, 5.41) is 12.7. The zero-order valence-electron chi connectivity index (χ0n) is 13.8. The van der Waals surface area contributed by atoms with Crippen LogP contribution in [0.3, 0.4) is 0 Å². The van der Waals surface area contributed by atoms with Gasteiger partial charge in [0.05, 0.1) is 12.1 Å². The van der Waals surface area contributed by atoms with Gasteiger partial charge in [-0.2, -0.15) is 5.10 Å². The van der Waals surface area contributed by atoms with Crippen molar-refractivity contribution in [2.75, 3.05) is 18.0 Å². The number of thiophene rings is 1. The third-order valence-electron chi connectivity index (χ3n) is 4.44. The summed E-state index contributed by atoms with van der Waals surface area (Å²) in [5.41, 5.74) is 2.14. The molecule has 25 heavy (non-hydrogen) atoms. The minimum absolute atomic E-state index is 0.0984. The van der Waals surface area contributed by atoms with E-state index in [1.807, 2.05) is 35.7 Å². The SMILES string of the molecule is O=C(Cc1cccs1)NC1CCN(c2cc(-c3ccccc3)[nH]n2)C1. The van der Waals surface area contributed by atoms with Gasteiger partial charge in [0, 0.05) is 30.1 Å². The first-order chi connectivity index (χ1) is 12.3. The molecule has 0 bridgehead atoms. The van der Waals surface area contributed by atoms with Gasteiger partial charge in [0.15, 0.2) is 5.82 Å². The maximum absolute atomic E-state index is 12.2. The minimum atomic E-state index is 0.0984. The summed E-state index contributed by atoms with van der Waals surface area (Å²) in [7, 11) is 0. The van der Waals surface area contributed by atoms with E-state index in [1.165, 1.54) is 0 Å². The van der Waals surface area contributed by atoms with Crippen molar-refractivity contribution in [1.82, 2.24) is 15.5 Å². The highest BCUT2D eigenvalue weighted by molar-refractivity contribution is 7.10. The Kier molecular flexibility index (Phi) is 4.52.